The Kier molecular flexibility index (Phi) is 55.0. The van der Waals surface area contributed by atoms with Gasteiger partial charge in [0.25, 0.3) is 0 Å². The Morgan fingerprint density at radius 3 is 1.25 bits per heavy atom. The van der Waals surface area contributed by atoms with Crippen LogP contribution in [0.2, 0.25) is 0 Å². The molecule has 3 atom stereocenters. The number of hydrogen-bond donors (Lipinski definition) is 2. The summed E-state index contributed by atoms with van der Waals surface area (Å²) >= 11 is 0. The van der Waals surface area contributed by atoms with Crippen LogP contribution in [0.25, 0.3) is 0 Å². The van der Waals surface area contributed by atoms with E-state index in [0.717, 1.165) is 122 Å². The van der Waals surface area contributed by atoms with Crippen molar-refractivity contribution in [3.63, 3.8) is 0 Å². The predicted octanol–water partition coefficient (Wildman–Crippen LogP) is 19.9. The summed E-state index contributed by atoms with van der Waals surface area (Å²) in [5.41, 5.74) is 0. The summed E-state index contributed by atoms with van der Waals surface area (Å²) in [6.45, 7) is 6.82. The lowest BCUT2D eigenvalue weighted by atomic mass is 10.0. The fourth-order valence-electron chi connectivity index (χ4n) is 8.48. The van der Waals surface area contributed by atoms with E-state index in [4.69, 9.17) is 13.8 Å². The average molecular weight is 1120 g/mol. The van der Waals surface area contributed by atoms with Gasteiger partial charge in [0, 0.05) is 12.8 Å². The summed E-state index contributed by atoms with van der Waals surface area (Å²) < 4.78 is 30.7. The number of ether oxygens (including phenoxy) is 1. The summed E-state index contributed by atoms with van der Waals surface area (Å²) in [7, 11) is 1.44. The monoisotopic (exact) mass is 1120 g/mol. The van der Waals surface area contributed by atoms with E-state index in [1.807, 2.05) is 33.3 Å². The molecule has 10 heteroatoms. The minimum atomic E-state index is -4.47. The number of carbonyl (C=O) groups is 2. The Balaban J connectivity index is 5.39. The molecule has 0 rings (SSSR count). The van der Waals surface area contributed by atoms with Gasteiger partial charge in [0.2, 0.25) is 5.91 Å². The van der Waals surface area contributed by atoms with Gasteiger partial charge in [0.05, 0.1) is 33.8 Å². The first-order valence-electron chi connectivity index (χ1n) is 31.9. The first-order chi connectivity index (χ1) is 38.4. The van der Waals surface area contributed by atoms with Crippen molar-refractivity contribution < 1.29 is 37.3 Å². The molecule has 79 heavy (non-hydrogen) atoms. The molecule has 3 unspecified atom stereocenters. The van der Waals surface area contributed by atoms with E-state index in [2.05, 4.69) is 135 Å². The number of phosphoric ester groups is 1. The molecule has 1 amide bonds. The van der Waals surface area contributed by atoms with Gasteiger partial charge in [0.15, 0.2) is 0 Å². The van der Waals surface area contributed by atoms with Gasteiger partial charge in [-0.25, -0.2) is 4.57 Å². The number of allylic oxidation sites excluding steroid dienone is 19. The number of rotatable bonds is 56. The van der Waals surface area contributed by atoms with Crippen LogP contribution < -0.4 is 5.32 Å². The highest BCUT2D eigenvalue weighted by molar-refractivity contribution is 7.47. The largest absolute Gasteiger partial charge is 0.472 e. The molecule has 0 radical (unpaired) electrons. The molecule has 0 fully saturated rings. The van der Waals surface area contributed by atoms with Crippen molar-refractivity contribution >= 4 is 19.7 Å². The third kappa shape index (κ3) is 58.9. The maximum Gasteiger partial charge on any atom is 0.472 e. The summed E-state index contributed by atoms with van der Waals surface area (Å²) in [5, 5.41) is 3.03. The van der Waals surface area contributed by atoms with Crippen molar-refractivity contribution in [1.29, 1.82) is 0 Å². The molecule has 0 aromatic carbocycles. The molecule has 0 aromatic heterocycles. The third-order valence-electron chi connectivity index (χ3n) is 13.4. The molecule has 0 aliphatic rings. The van der Waals surface area contributed by atoms with Crippen molar-refractivity contribution in [2.24, 2.45) is 0 Å². The van der Waals surface area contributed by atoms with Gasteiger partial charge in [-0.1, -0.05) is 239 Å². The Morgan fingerprint density at radius 2 is 0.810 bits per heavy atom. The van der Waals surface area contributed by atoms with Crippen molar-refractivity contribution in [2.75, 3.05) is 40.9 Å². The van der Waals surface area contributed by atoms with E-state index in [0.29, 0.717) is 23.9 Å². The molecule has 2 N–H and O–H groups in total. The lowest BCUT2D eigenvalue weighted by Gasteiger charge is -2.27. The van der Waals surface area contributed by atoms with Gasteiger partial charge in [0.1, 0.15) is 19.3 Å². The van der Waals surface area contributed by atoms with Gasteiger partial charge < -0.3 is 19.4 Å². The lowest BCUT2D eigenvalue weighted by Crippen LogP contribution is -2.47. The number of nitrogens with one attached hydrogen (secondary N) is 1. The van der Waals surface area contributed by atoms with Crippen molar-refractivity contribution in [3.05, 3.63) is 122 Å². The summed E-state index contributed by atoms with van der Waals surface area (Å²) in [4.78, 5) is 37.8. The maximum absolute atomic E-state index is 13.6. The number of hydrogen-bond acceptors (Lipinski definition) is 6. The molecule has 0 aliphatic carbocycles. The number of unbranched alkanes of at least 4 members (excludes halogenated alkanes) is 22. The topological polar surface area (TPSA) is 111 Å². The first-order valence-corrected chi connectivity index (χ1v) is 33.4. The molecule has 0 saturated carbocycles. The van der Waals surface area contributed by atoms with Crippen LogP contribution in [0.3, 0.4) is 0 Å². The number of nitrogens with zero attached hydrogens (tertiary/aromatic N) is 1. The standard InChI is InChI=1S/C69H119N2O7P/c1-7-10-13-16-19-22-25-28-30-32-34-35-37-38-40-43-46-49-52-55-58-61-68(72)70-66(65-77-79(74,75)76-64-63-71(4,5)6)67(60-57-54-51-48-45-42-27-24-21-18-15-12-9-3)78-69(73)62-59-56-53-50-47-44-41-39-36-33-31-29-26-23-20-17-14-11-8-2/h10,13,19-20,22-23,28-31,34-36,38-40,46,49,57,60,66-67H,7-9,11-12,14-18,21,24-27,32-33,37,41-45,47-48,50-56,58-59,61-65H2,1-6H3,(H-,70,72,74,75)/p+1/b13-10-,22-19-,23-20-,30-28-,31-29-,35-34-,39-36-,40-38-,49-46-,60-57+. The quantitative estimate of drug-likeness (QED) is 0.0205. The Morgan fingerprint density at radius 1 is 0.456 bits per heavy atom. The van der Waals surface area contributed by atoms with Gasteiger partial charge >= 0.3 is 13.8 Å². The van der Waals surface area contributed by atoms with Crippen molar-refractivity contribution in [1.82, 2.24) is 5.32 Å². The van der Waals surface area contributed by atoms with Crippen LogP contribution in [-0.2, 0) is 27.9 Å². The summed E-state index contributed by atoms with van der Waals surface area (Å²) in [6.07, 6.45) is 80.5. The molecule has 0 heterocycles. The normalized spacial score (nSPS) is 14.5. The Hall–Kier alpha value is -3.59. The van der Waals surface area contributed by atoms with Crippen LogP contribution in [0.4, 0.5) is 0 Å². The Bertz CT molecular complexity index is 1770. The molecular weight excluding hydrogens is 1000 g/mol. The summed E-state index contributed by atoms with van der Waals surface area (Å²) in [5.74, 6) is -0.577. The zero-order valence-electron chi connectivity index (χ0n) is 51.6. The SMILES string of the molecule is CC/C=C\C/C=C\C/C=C\C/C=C\C/C=C\C/C=C\CCCCC(=O)NC(COP(=O)(O)OCC[N+](C)(C)C)C(/C=C/CCCCCCCCCCCCC)OC(=O)CCCCCCCC/C=C\C/C=C\C/C=C\CCCCC. The minimum Gasteiger partial charge on any atom is -0.456 e. The molecule has 0 aromatic rings. The Labute approximate surface area is 486 Å². The summed E-state index contributed by atoms with van der Waals surface area (Å²) in [6, 6.07) is -0.886. The van der Waals surface area contributed by atoms with E-state index in [1.54, 1.807) is 0 Å². The average Bonchev–Trinajstić information content (AvgIpc) is 3.41. The lowest BCUT2D eigenvalue weighted by molar-refractivity contribution is -0.870. The van der Waals surface area contributed by atoms with Crippen LogP contribution >= 0.6 is 7.82 Å². The van der Waals surface area contributed by atoms with Crippen LogP contribution in [0.1, 0.15) is 252 Å². The van der Waals surface area contributed by atoms with Crippen LogP contribution in [-0.4, -0.2) is 74.3 Å². The molecule has 452 valence electrons. The van der Waals surface area contributed by atoms with E-state index in [-0.39, 0.29) is 37.9 Å². The molecule has 9 nitrogen and oxygen atoms in total. The molecule has 0 spiro atoms. The third-order valence-corrected chi connectivity index (χ3v) is 14.4. The van der Waals surface area contributed by atoms with Gasteiger partial charge in [-0.3, -0.25) is 18.6 Å². The zero-order chi connectivity index (χ0) is 57.9. The van der Waals surface area contributed by atoms with Crippen LogP contribution in [0.15, 0.2) is 122 Å². The van der Waals surface area contributed by atoms with Gasteiger partial charge in [-0.2, -0.15) is 0 Å². The smallest absolute Gasteiger partial charge is 0.456 e. The highest BCUT2D eigenvalue weighted by atomic mass is 31.2. The van der Waals surface area contributed by atoms with E-state index in [1.165, 1.54) is 83.5 Å². The van der Waals surface area contributed by atoms with E-state index in [9.17, 15) is 19.0 Å². The molecule has 0 saturated heterocycles. The molecule has 0 aliphatic heterocycles. The first kappa shape index (κ1) is 75.4. The number of amides is 1. The maximum atomic E-state index is 13.6. The fraction of sp³-hybridized carbons (Fsp3) is 0.681. The van der Waals surface area contributed by atoms with Crippen molar-refractivity contribution in [2.45, 2.75) is 264 Å². The van der Waals surface area contributed by atoms with E-state index >= 15 is 0 Å². The number of carbonyl (C=O) groups excluding carboxylic acids is 2. The van der Waals surface area contributed by atoms with Crippen LogP contribution in [0, 0.1) is 0 Å². The fourth-order valence-corrected chi connectivity index (χ4v) is 9.21. The van der Waals surface area contributed by atoms with Crippen molar-refractivity contribution in [3.8, 4) is 0 Å². The second-order valence-electron chi connectivity index (χ2n) is 22.2. The second-order valence-corrected chi connectivity index (χ2v) is 23.6. The molecule has 0 bridgehead atoms. The molecular formula is C69H120N2O7P+. The predicted molar refractivity (Wildman–Crippen MR) is 341 cm³/mol. The second kappa shape index (κ2) is 57.6. The number of esters is 1. The number of likely N-dealkylation sites (N-methyl/N-ethyl adjacent to an activating group) is 1. The van der Waals surface area contributed by atoms with Gasteiger partial charge in [-0.15, -0.1) is 0 Å². The number of quaternary nitrogens is 1. The van der Waals surface area contributed by atoms with Gasteiger partial charge in [-0.05, 0) is 122 Å². The van der Waals surface area contributed by atoms with Crippen LogP contribution in [0.5, 0.6) is 0 Å². The highest BCUT2D eigenvalue weighted by Gasteiger charge is 2.30. The minimum absolute atomic E-state index is 0.0228. The van der Waals surface area contributed by atoms with E-state index < -0.39 is 20.0 Å². The highest BCUT2D eigenvalue weighted by Crippen LogP contribution is 2.43. The number of phosphoric acid groups is 1. The zero-order valence-corrected chi connectivity index (χ0v) is 52.5.